The molecule has 1 unspecified atom stereocenters. The molecule has 1 atom stereocenters. The number of nitrogens with one attached hydrogen (secondary N) is 3. The lowest BCUT2D eigenvalue weighted by Gasteiger charge is -2.14. The molecule has 0 saturated heterocycles. The maximum absolute atomic E-state index is 12.2. The number of H-pyrrole nitrogens is 1. The molecule has 0 spiro atoms. The number of allylic oxidation sites excluding steroid dienone is 1. The number of carbonyl (C=O) groups is 1. The summed E-state index contributed by atoms with van der Waals surface area (Å²) in [6, 6.07) is 11.4. The van der Waals surface area contributed by atoms with Crippen molar-refractivity contribution in [2.24, 2.45) is 0 Å². The fourth-order valence-corrected chi connectivity index (χ4v) is 2.62. The van der Waals surface area contributed by atoms with Crippen molar-refractivity contribution in [1.82, 2.24) is 10.3 Å². The number of halogens is 1. The van der Waals surface area contributed by atoms with Crippen LogP contribution < -0.4 is 5.32 Å². The van der Waals surface area contributed by atoms with Gasteiger partial charge in [0.25, 0.3) is 5.91 Å². The molecular weight excluding hydrogens is 382 g/mol. The highest BCUT2D eigenvalue weighted by molar-refractivity contribution is 9.10. The van der Waals surface area contributed by atoms with E-state index in [1.54, 1.807) is 6.08 Å². The molecule has 0 aliphatic rings. The second-order valence-corrected chi connectivity index (χ2v) is 6.65. The molecule has 0 saturated carbocycles. The molecule has 1 heterocycles. The Labute approximate surface area is 155 Å². The molecule has 6 heteroatoms. The third kappa shape index (κ3) is 5.69. The van der Waals surface area contributed by atoms with E-state index in [1.165, 1.54) is 0 Å². The zero-order valence-corrected chi connectivity index (χ0v) is 15.6. The maximum Gasteiger partial charge on any atom is 0.269 e. The van der Waals surface area contributed by atoms with Crippen LogP contribution in [-0.4, -0.2) is 34.4 Å². The largest absolute Gasteiger partial charge is 0.394 e. The summed E-state index contributed by atoms with van der Waals surface area (Å²) in [5, 5.41) is 19.9. The molecule has 1 aromatic heterocycles. The molecule has 4 N–H and O–H groups in total. The molecular formula is C19H22BrN3O2. The van der Waals surface area contributed by atoms with Crippen LogP contribution in [0.15, 0.2) is 53.1 Å². The molecule has 5 nitrogen and oxygen atoms in total. The van der Waals surface area contributed by atoms with Gasteiger partial charge in [0.15, 0.2) is 0 Å². The minimum atomic E-state index is -0.485. The smallest absolute Gasteiger partial charge is 0.269 e. The van der Waals surface area contributed by atoms with Gasteiger partial charge in [-0.05, 0) is 54.3 Å². The van der Waals surface area contributed by atoms with Crippen molar-refractivity contribution in [2.75, 3.05) is 6.61 Å². The molecule has 0 aliphatic heterocycles. The molecule has 0 bridgehead atoms. The molecule has 2 rings (SSSR count). The van der Waals surface area contributed by atoms with E-state index >= 15 is 0 Å². The molecule has 0 fully saturated rings. The Balaban J connectivity index is 2.20. The Morgan fingerprint density at radius 3 is 2.64 bits per heavy atom. The van der Waals surface area contributed by atoms with Gasteiger partial charge in [0.05, 0.1) is 12.6 Å². The van der Waals surface area contributed by atoms with Crippen LogP contribution >= 0.6 is 15.9 Å². The highest BCUT2D eigenvalue weighted by Gasteiger charge is 2.14. The van der Waals surface area contributed by atoms with Crippen LogP contribution in [-0.2, 0) is 11.2 Å². The van der Waals surface area contributed by atoms with E-state index in [4.69, 9.17) is 5.41 Å². The van der Waals surface area contributed by atoms with Gasteiger partial charge in [0.1, 0.15) is 5.71 Å². The van der Waals surface area contributed by atoms with E-state index in [0.29, 0.717) is 12.8 Å². The lowest BCUT2D eigenvalue weighted by atomic mass is 10.0. The first-order valence-electron chi connectivity index (χ1n) is 8.12. The lowest BCUT2D eigenvalue weighted by Crippen LogP contribution is -2.40. The average molecular weight is 404 g/mol. The van der Waals surface area contributed by atoms with Crippen LogP contribution in [0.5, 0.6) is 0 Å². The monoisotopic (exact) mass is 403 g/mol. The van der Waals surface area contributed by atoms with Gasteiger partial charge < -0.3 is 15.4 Å². The Hall–Kier alpha value is -2.18. The first-order valence-corrected chi connectivity index (χ1v) is 8.91. The number of aliphatic hydroxyl groups is 1. The van der Waals surface area contributed by atoms with Crippen LogP contribution in [0.3, 0.4) is 0 Å². The van der Waals surface area contributed by atoms with Crippen molar-refractivity contribution >= 4 is 33.1 Å². The zero-order valence-electron chi connectivity index (χ0n) is 14.1. The number of aromatic nitrogens is 1. The SMILES string of the molecule is CCC(CO)NC(=O)C(=N)/C=C(/Cc1ccc(Br)cc1)c1ccc[nH]1. The topological polar surface area (TPSA) is 89.0 Å². The molecule has 1 amide bonds. The second kappa shape index (κ2) is 9.34. The summed E-state index contributed by atoms with van der Waals surface area (Å²) in [5.74, 6) is -0.485. The van der Waals surface area contributed by atoms with Gasteiger partial charge in [-0.3, -0.25) is 10.2 Å². The number of hydrogen-bond donors (Lipinski definition) is 4. The predicted molar refractivity (Wildman–Crippen MR) is 104 cm³/mol. The van der Waals surface area contributed by atoms with E-state index in [0.717, 1.165) is 21.3 Å². The van der Waals surface area contributed by atoms with Gasteiger partial charge in [-0.25, -0.2) is 0 Å². The Morgan fingerprint density at radius 2 is 2.08 bits per heavy atom. The van der Waals surface area contributed by atoms with Gasteiger partial charge in [-0.15, -0.1) is 0 Å². The predicted octanol–water partition coefficient (Wildman–Crippen LogP) is 3.31. The zero-order chi connectivity index (χ0) is 18.2. The highest BCUT2D eigenvalue weighted by Crippen LogP contribution is 2.20. The van der Waals surface area contributed by atoms with Crippen LogP contribution in [0.4, 0.5) is 0 Å². The van der Waals surface area contributed by atoms with Crippen LogP contribution in [0.25, 0.3) is 5.57 Å². The lowest BCUT2D eigenvalue weighted by molar-refractivity contribution is -0.115. The summed E-state index contributed by atoms with van der Waals surface area (Å²) in [7, 11) is 0. The van der Waals surface area contributed by atoms with E-state index < -0.39 is 5.91 Å². The van der Waals surface area contributed by atoms with Gasteiger partial charge in [-0.2, -0.15) is 0 Å². The van der Waals surface area contributed by atoms with E-state index in [2.05, 4.69) is 26.2 Å². The molecule has 25 heavy (non-hydrogen) atoms. The quantitative estimate of drug-likeness (QED) is 0.509. The molecule has 2 aromatic rings. The Kier molecular flexibility index (Phi) is 7.16. The molecule has 132 valence electrons. The molecule has 1 aromatic carbocycles. The second-order valence-electron chi connectivity index (χ2n) is 5.73. The van der Waals surface area contributed by atoms with E-state index in [1.807, 2.05) is 49.5 Å². The summed E-state index contributed by atoms with van der Waals surface area (Å²) in [5.41, 5.74) is 2.67. The van der Waals surface area contributed by atoms with Crippen LogP contribution in [0, 0.1) is 5.41 Å². The molecule has 0 aliphatic carbocycles. The van der Waals surface area contributed by atoms with Crippen LogP contribution in [0.2, 0.25) is 0 Å². The van der Waals surface area contributed by atoms with Gasteiger partial charge in [0, 0.05) is 16.4 Å². The maximum atomic E-state index is 12.2. The Bertz CT molecular complexity index is 733. The van der Waals surface area contributed by atoms with Crippen molar-refractivity contribution < 1.29 is 9.90 Å². The minimum absolute atomic E-state index is 0.131. The number of carbonyl (C=O) groups excluding carboxylic acids is 1. The van der Waals surface area contributed by atoms with Gasteiger partial charge in [0.2, 0.25) is 0 Å². The third-order valence-electron chi connectivity index (χ3n) is 3.86. The van der Waals surface area contributed by atoms with Gasteiger partial charge >= 0.3 is 0 Å². The average Bonchev–Trinajstić information content (AvgIpc) is 3.15. The van der Waals surface area contributed by atoms with E-state index in [-0.39, 0.29) is 18.4 Å². The summed E-state index contributed by atoms with van der Waals surface area (Å²) < 4.78 is 1.00. The standard InChI is InChI=1S/C19H22BrN3O2/c1-2-16(12-24)23-19(25)17(21)11-14(18-4-3-9-22-18)10-13-5-7-15(20)8-6-13/h3-9,11,16,21-22,24H,2,10,12H2,1H3,(H,23,25)/b14-11-,21-17?. The van der Waals surface area contributed by atoms with Crippen molar-refractivity contribution in [3.8, 4) is 0 Å². The fourth-order valence-electron chi connectivity index (χ4n) is 2.36. The van der Waals surface area contributed by atoms with Crippen molar-refractivity contribution in [2.45, 2.75) is 25.8 Å². The minimum Gasteiger partial charge on any atom is -0.394 e. The first kappa shape index (κ1) is 19.1. The van der Waals surface area contributed by atoms with Crippen LogP contribution in [0.1, 0.15) is 24.6 Å². The fraction of sp³-hybridized carbons (Fsp3) is 0.263. The normalized spacial score (nSPS) is 12.7. The van der Waals surface area contributed by atoms with Gasteiger partial charge in [-0.1, -0.05) is 35.0 Å². The summed E-state index contributed by atoms with van der Waals surface area (Å²) in [6.07, 6.45) is 4.60. The Morgan fingerprint density at radius 1 is 1.36 bits per heavy atom. The summed E-state index contributed by atoms with van der Waals surface area (Å²) in [6.45, 7) is 1.74. The summed E-state index contributed by atoms with van der Waals surface area (Å²) in [4.78, 5) is 15.3. The van der Waals surface area contributed by atoms with E-state index in [9.17, 15) is 9.90 Å². The molecule has 0 radical (unpaired) electrons. The highest BCUT2D eigenvalue weighted by atomic mass is 79.9. The first-order chi connectivity index (χ1) is 12.0. The number of rotatable bonds is 8. The summed E-state index contributed by atoms with van der Waals surface area (Å²) >= 11 is 3.42. The van der Waals surface area contributed by atoms with Crippen molar-refractivity contribution in [3.63, 3.8) is 0 Å². The number of hydrogen-bond acceptors (Lipinski definition) is 3. The third-order valence-corrected chi connectivity index (χ3v) is 4.39. The van der Waals surface area contributed by atoms with Crippen molar-refractivity contribution in [3.05, 3.63) is 64.4 Å². The number of benzene rings is 1. The van der Waals surface area contributed by atoms with Crippen molar-refractivity contribution in [1.29, 1.82) is 5.41 Å². The number of amides is 1. The number of aliphatic hydroxyl groups excluding tert-OH is 1. The number of aromatic amines is 1.